The molecule has 6 nitrogen and oxygen atoms in total. The summed E-state index contributed by atoms with van der Waals surface area (Å²) in [6.45, 7) is 3.23. The van der Waals surface area contributed by atoms with Crippen molar-refractivity contribution in [3.05, 3.63) is 64.7 Å². The minimum Gasteiger partial charge on any atom is -0.494 e. The Kier molecular flexibility index (Phi) is 6.46. The molecule has 1 heterocycles. The van der Waals surface area contributed by atoms with Gasteiger partial charge in [0.05, 0.1) is 6.61 Å². The highest BCUT2D eigenvalue weighted by atomic mass is 32.1. The first-order chi connectivity index (χ1) is 15.1. The summed E-state index contributed by atoms with van der Waals surface area (Å²) in [6, 6.07) is 14.4. The van der Waals surface area contributed by atoms with E-state index in [0.717, 1.165) is 24.2 Å². The molecular weight excluding hydrogens is 415 g/mol. The van der Waals surface area contributed by atoms with Crippen molar-refractivity contribution in [1.29, 1.82) is 0 Å². The summed E-state index contributed by atoms with van der Waals surface area (Å²) in [7, 11) is 0. The van der Waals surface area contributed by atoms with Crippen LogP contribution in [-0.2, 0) is 17.9 Å². The monoisotopic (exact) mass is 440 g/mol. The smallest absolute Gasteiger partial charge is 0.224 e. The van der Waals surface area contributed by atoms with Crippen molar-refractivity contribution < 1.29 is 13.9 Å². The maximum absolute atomic E-state index is 14.1. The van der Waals surface area contributed by atoms with Crippen LogP contribution in [0.1, 0.15) is 31.7 Å². The number of H-pyrrole nitrogens is 1. The topological polar surface area (TPSA) is 63.1 Å². The molecule has 1 fully saturated rings. The summed E-state index contributed by atoms with van der Waals surface area (Å²) >= 11 is 5.39. The molecule has 1 amide bonds. The predicted octanol–water partition coefficient (Wildman–Crippen LogP) is 4.73. The lowest BCUT2D eigenvalue weighted by Gasteiger charge is -2.23. The number of carbonyl (C=O) groups is 1. The molecule has 2 aromatic carbocycles. The van der Waals surface area contributed by atoms with Gasteiger partial charge in [0.1, 0.15) is 11.6 Å². The van der Waals surface area contributed by atoms with Gasteiger partial charge < -0.3 is 9.64 Å². The number of benzene rings is 2. The Hall–Kier alpha value is -3.00. The number of amides is 1. The molecule has 0 radical (unpaired) electrons. The third-order valence-electron chi connectivity index (χ3n) is 5.34. The lowest BCUT2D eigenvalue weighted by Crippen LogP contribution is -2.33. The van der Waals surface area contributed by atoms with Crippen LogP contribution in [-0.4, -0.2) is 38.2 Å². The van der Waals surface area contributed by atoms with Crippen LogP contribution in [0.5, 0.6) is 5.75 Å². The van der Waals surface area contributed by atoms with Crippen molar-refractivity contribution in [2.75, 3.05) is 6.61 Å². The van der Waals surface area contributed by atoms with Crippen LogP contribution in [0.25, 0.3) is 11.4 Å². The Labute approximate surface area is 185 Å². The summed E-state index contributed by atoms with van der Waals surface area (Å²) in [6.07, 6.45) is 2.19. The Morgan fingerprint density at radius 2 is 2.00 bits per heavy atom. The first-order valence-electron chi connectivity index (χ1n) is 10.5. The number of halogens is 1. The second-order valence-corrected chi connectivity index (χ2v) is 7.94. The molecule has 8 heteroatoms. The summed E-state index contributed by atoms with van der Waals surface area (Å²) in [5.41, 5.74) is 1.42. The number of nitrogens with one attached hydrogen (secondary N) is 1. The minimum atomic E-state index is -0.282. The van der Waals surface area contributed by atoms with E-state index in [1.807, 2.05) is 35.8 Å². The lowest BCUT2D eigenvalue weighted by atomic mass is 10.2. The highest BCUT2D eigenvalue weighted by Crippen LogP contribution is 2.30. The number of aromatic amines is 1. The number of hydrogen-bond donors (Lipinski definition) is 1. The van der Waals surface area contributed by atoms with Crippen molar-refractivity contribution in [2.45, 2.75) is 45.3 Å². The van der Waals surface area contributed by atoms with Gasteiger partial charge in [-0.15, -0.1) is 0 Å². The number of hydrogen-bond acceptors (Lipinski definition) is 4. The van der Waals surface area contributed by atoms with E-state index in [9.17, 15) is 9.18 Å². The lowest BCUT2D eigenvalue weighted by molar-refractivity contribution is -0.132. The maximum atomic E-state index is 14.1. The molecule has 31 heavy (non-hydrogen) atoms. The SMILES string of the molecule is CCOc1ccc(-c2n[nH]c(=S)n2CCC(=O)N(Cc2ccccc2F)C2CC2)cc1. The number of ether oxygens (including phenoxy) is 1. The van der Waals surface area contributed by atoms with Gasteiger partial charge in [0.15, 0.2) is 10.6 Å². The second-order valence-electron chi connectivity index (χ2n) is 7.56. The molecule has 0 bridgehead atoms. The molecule has 4 rings (SSSR count). The number of rotatable bonds is 9. The van der Waals surface area contributed by atoms with Gasteiger partial charge in [-0.05, 0) is 62.3 Å². The van der Waals surface area contributed by atoms with Gasteiger partial charge in [-0.2, -0.15) is 5.10 Å². The van der Waals surface area contributed by atoms with Crippen LogP contribution in [0.2, 0.25) is 0 Å². The molecule has 0 unspecified atom stereocenters. The zero-order valence-electron chi connectivity index (χ0n) is 17.4. The molecule has 1 aromatic heterocycles. The number of nitrogens with zero attached hydrogens (tertiary/aromatic N) is 3. The van der Waals surface area contributed by atoms with E-state index in [1.165, 1.54) is 6.07 Å². The van der Waals surface area contributed by atoms with Crippen LogP contribution in [0, 0.1) is 10.6 Å². The Morgan fingerprint density at radius 3 is 2.68 bits per heavy atom. The third-order valence-corrected chi connectivity index (χ3v) is 5.65. The van der Waals surface area contributed by atoms with Crippen LogP contribution in [0.15, 0.2) is 48.5 Å². The minimum absolute atomic E-state index is 0.00787. The Morgan fingerprint density at radius 1 is 1.26 bits per heavy atom. The molecule has 0 atom stereocenters. The van der Waals surface area contributed by atoms with Crippen molar-refractivity contribution in [3.8, 4) is 17.1 Å². The normalized spacial score (nSPS) is 13.2. The summed E-state index contributed by atoms with van der Waals surface area (Å²) in [5, 5.41) is 7.16. The molecule has 1 aliphatic rings. The van der Waals surface area contributed by atoms with Gasteiger partial charge in [0.2, 0.25) is 5.91 Å². The quantitative estimate of drug-likeness (QED) is 0.489. The van der Waals surface area contributed by atoms with E-state index in [-0.39, 0.29) is 24.2 Å². The Balaban J connectivity index is 1.47. The predicted molar refractivity (Wildman–Crippen MR) is 119 cm³/mol. The fourth-order valence-electron chi connectivity index (χ4n) is 3.58. The van der Waals surface area contributed by atoms with Crippen LogP contribution < -0.4 is 4.74 Å². The average molecular weight is 441 g/mol. The summed E-state index contributed by atoms with van der Waals surface area (Å²) in [4.78, 5) is 14.8. The van der Waals surface area contributed by atoms with Crippen molar-refractivity contribution >= 4 is 18.1 Å². The van der Waals surface area contributed by atoms with Gasteiger partial charge in [-0.1, -0.05) is 18.2 Å². The number of aromatic nitrogens is 3. The van der Waals surface area contributed by atoms with Crippen molar-refractivity contribution in [2.24, 2.45) is 0 Å². The third kappa shape index (κ3) is 5.02. The van der Waals surface area contributed by atoms with Gasteiger partial charge in [0, 0.05) is 36.7 Å². The van der Waals surface area contributed by atoms with Gasteiger partial charge in [-0.3, -0.25) is 14.5 Å². The van der Waals surface area contributed by atoms with Crippen LogP contribution in [0.3, 0.4) is 0 Å². The van der Waals surface area contributed by atoms with Crippen molar-refractivity contribution in [3.63, 3.8) is 0 Å². The highest BCUT2D eigenvalue weighted by Gasteiger charge is 2.32. The van der Waals surface area contributed by atoms with Gasteiger partial charge >= 0.3 is 0 Å². The molecular formula is C23H25FN4O2S. The van der Waals surface area contributed by atoms with E-state index in [2.05, 4.69) is 10.2 Å². The van der Waals surface area contributed by atoms with Gasteiger partial charge in [0.25, 0.3) is 0 Å². The standard InChI is InChI=1S/C23H25FN4O2S/c1-2-30-19-11-7-16(8-12-19)22-25-26-23(31)27(22)14-13-21(29)28(18-9-10-18)15-17-5-3-4-6-20(17)24/h3-8,11-12,18H,2,9-10,13-15H2,1H3,(H,26,31). The molecule has 1 aliphatic carbocycles. The molecule has 162 valence electrons. The van der Waals surface area contributed by atoms with Crippen molar-refractivity contribution in [1.82, 2.24) is 19.7 Å². The molecule has 0 spiro atoms. The van der Waals surface area contributed by atoms with Crippen LogP contribution in [0.4, 0.5) is 4.39 Å². The molecule has 1 N–H and O–H groups in total. The van der Waals surface area contributed by atoms with E-state index < -0.39 is 0 Å². The average Bonchev–Trinajstić information content (AvgIpc) is 3.55. The molecule has 0 aliphatic heterocycles. The zero-order valence-corrected chi connectivity index (χ0v) is 18.2. The first-order valence-corrected chi connectivity index (χ1v) is 10.9. The van der Waals surface area contributed by atoms with E-state index >= 15 is 0 Å². The summed E-state index contributed by atoms with van der Waals surface area (Å²) in [5.74, 6) is 1.17. The Bertz CT molecular complexity index is 1110. The van der Waals surface area contributed by atoms with E-state index in [1.54, 1.807) is 23.1 Å². The largest absolute Gasteiger partial charge is 0.494 e. The van der Waals surface area contributed by atoms with E-state index in [4.69, 9.17) is 17.0 Å². The second kappa shape index (κ2) is 9.43. The summed E-state index contributed by atoms with van der Waals surface area (Å²) < 4.78 is 21.9. The molecule has 0 saturated heterocycles. The van der Waals surface area contributed by atoms with Crippen LogP contribution >= 0.6 is 12.2 Å². The number of carbonyl (C=O) groups excluding carboxylic acids is 1. The van der Waals surface area contributed by atoms with E-state index in [0.29, 0.717) is 35.9 Å². The molecule has 3 aromatic rings. The highest BCUT2D eigenvalue weighted by molar-refractivity contribution is 7.71. The molecule has 1 saturated carbocycles. The fraction of sp³-hybridized carbons (Fsp3) is 0.348. The van der Waals surface area contributed by atoms with Gasteiger partial charge in [-0.25, -0.2) is 4.39 Å². The zero-order chi connectivity index (χ0) is 21.8. The maximum Gasteiger partial charge on any atom is 0.224 e. The first kappa shape index (κ1) is 21.2. The fourth-order valence-corrected chi connectivity index (χ4v) is 3.80.